The lowest BCUT2D eigenvalue weighted by molar-refractivity contribution is 0.0941. The van der Waals surface area contributed by atoms with Gasteiger partial charge >= 0.3 is 0 Å². The van der Waals surface area contributed by atoms with Crippen molar-refractivity contribution < 1.29 is 19.1 Å². The Morgan fingerprint density at radius 1 is 0.840 bits per heavy atom. The summed E-state index contributed by atoms with van der Waals surface area (Å²) in [5.41, 5.74) is 1.55. The lowest BCUT2D eigenvalue weighted by atomic mass is 10.1. The van der Waals surface area contributed by atoms with Crippen molar-refractivity contribution in [2.75, 3.05) is 19.5 Å². The van der Waals surface area contributed by atoms with Gasteiger partial charge in [0.15, 0.2) is 11.5 Å². The summed E-state index contributed by atoms with van der Waals surface area (Å²) in [7, 11) is 3.08. The summed E-state index contributed by atoms with van der Waals surface area (Å²) < 4.78 is 10.4. The zero-order valence-corrected chi connectivity index (χ0v) is 14.8. The maximum atomic E-state index is 12.3. The molecule has 0 fully saturated rings. The molecule has 0 bridgehead atoms. The van der Waals surface area contributed by atoms with E-state index in [9.17, 15) is 9.59 Å². The van der Waals surface area contributed by atoms with Gasteiger partial charge in [-0.15, -0.1) is 0 Å². The first-order valence-corrected chi connectivity index (χ1v) is 7.89. The summed E-state index contributed by atoms with van der Waals surface area (Å²) >= 11 is 0. The molecule has 0 aliphatic carbocycles. The van der Waals surface area contributed by atoms with E-state index in [4.69, 9.17) is 9.47 Å². The van der Waals surface area contributed by atoms with Crippen LogP contribution in [0.3, 0.4) is 0 Å². The molecule has 2 N–H and O–H groups in total. The van der Waals surface area contributed by atoms with Crippen molar-refractivity contribution >= 4 is 17.5 Å². The SMILES string of the molecule is COc1ccc(NC(=O)c2ccc(C(=O)NC(C)C)cc2)cc1OC. The van der Waals surface area contributed by atoms with E-state index in [1.165, 1.54) is 7.11 Å². The van der Waals surface area contributed by atoms with Gasteiger partial charge in [0.1, 0.15) is 0 Å². The molecule has 0 aliphatic heterocycles. The molecular formula is C19H22N2O4. The predicted octanol–water partition coefficient (Wildman–Crippen LogP) is 3.09. The van der Waals surface area contributed by atoms with Gasteiger partial charge < -0.3 is 20.1 Å². The second-order valence-electron chi connectivity index (χ2n) is 5.73. The van der Waals surface area contributed by atoms with Crippen LogP contribution in [0.15, 0.2) is 42.5 Å². The third-order valence-electron chi connectivity index (χ3n) is 3.47. The van der Waals surface area contributed by atoms with Gasteiger partial charge in [-0.2, -0.15) is 0 Å². The second-order valence-corrected chi connectivity index (χ2v) is 5.73. The first kappa shape index (κ1) is 18.3. The van der Waals surface area contributed by atoms with Crippen molar-refractivity contribution in [1.29, 1.82) is 0 Å². The van der Waals surface area contributed by atoms with E-state index in [1.807, 2.05) is 13.8 Å². The predicted molar refractivity (Wildman–Crippen MR) is 96.5 cm³/mol. The molecule has 2 amide bonds. The van der Waals surface area contributed by atoms with Crippen LogP contribution in [0.2, 0.25) is 0 Å². The molecule has 0 saturated carbocycles. The molecule has 2 aromatic rings. The highest BCUT2D eigenvalue weighted by Crippen LogP contribution is 2.29. The number of carbonyl (C=O) groups excluding carboxylic acids is 2. The number of hydrogen-bond donors (Lipinski definition) is 2. The van der Waals surface area contributed by atoms with Gasteiger partial charge in [-0.3, -0.25) is 9.59 Å². The largest absolute Gasteiger partial charge is 0.493 e. The number of nitrogens with one attached hydrogen (secondary N) is 2. The fourth-order valence-electron chi connectivity index (χ4n) is 2.24. The lowest BCUT2D eigenvalue weighted by Crippen LogP contribution is -2.30. The Bertz CT molecular complexity index is 755. The first-order valence-electron chi connectivity index (χ1n) is 7.89. The molecule has 6 heteroatoms. The Balaban J connectivity index is 2.09. The number of carbonyl (C=O) groups is 2. The van der Waals surface area contributed by atoms with Crippen LogP contribution in [0.4, 0.5) is 5.69 Å². The summed E-state index contributed by atoms with van der Waals surface area (Å²) in [4.78, 5) is 24.3. The Morgan fingerprint density at radius 3 is 1.92 bits per heavy atom. The smallest absolute Gasteiger partial charge is 0.255 e. The monoisotopic (exact) mass is 342 g/mol. The van der Waals surface area contributed by atoms with Crippen molar-refractivity contribution in [3.63, 3.8) is 0 Å². The van der Waals surface area contributed by atoms with Crippen molar-refractivity contribution in [3.05, 3.63) is 53.6 Å². The van der Waals surface area contributed by atoms with E-state index >= 15 is 0 Å². The highest BCUT2D eigenvalue weighted by atomic mass is 16.5. The van der Waals surface area contributed by atoms with Crippen LogP contribution < -0.4 is 20.1 Å². The van der Waals surface area contributed by atoms with Gasteiger partial charge in [-0.1, -0.05) is 0 Å². The standard InChI is InChI=1S/C19H22N2O4/c1-12(2)20-18(22)13-5-7-14(8-6-13)19(23)21-15-9-10-16(24-3)17(11-15)25-4/h5-12H,1-4H3,(H,20,22)(H,21,23). The highest BCUT2D eigenvalue weighted by molar-refractivity contribution is 6.05. The minimum atomic E-state index is -0.275. The van der Waals surface area contributed by atoms with Crippen LogP contribution in [-0.2, 0) is 0 Å². The summed E-state index contributed by atoms with van der Waals surface area (Å²) in [6.07, 6.45) is 0. The zero-order valence-electron chi connectivity index (χ0n) is 14.8. The lowest BCUT2D eigenvalue weighted by Gasteiger charge is -2.11. The summed E-state index contributed by atoms with van der Waals surface area (Å²) in [6.45, 7) is 3.78. The van der Waals surface area contributed by atoms with Crippen LogP contribution in [0.1, 0.15) is 34.6 Å². The second kappa shape index (κ2) is 8.19. The van der Waals surface area contributed by atoms with Crippen LogP contribution in [-0.4, -0.2) is 32.1 Å². The fraction of sp³-hybridized carbons (Fsp3) is 0.263. The molecule has 25 heavy (non-hydrogen) atoms. The number of amides is 2. The summed E-state index contributed by atoms with van der Waals surface area (Å²) in [5, 5.41) is 5.60. The number of benzene rings is 2. The van der Waals surface area contributed by atoms with E-state index < -0.39 is 0 Å². The quantitative estimate of drug-likeness (QED) is 0.846. The molecule has 0 unspecified atom stereocenters. The Kier molecular flexibility index (Phi) is 6.00. The minimum Gasteiger partial charge on any atom is -0.493 e. The van der Waals surface area contributed by atoms with Gasteiger partial charge in [0.2, 0.25) is 0 Å². The Labute approximate surface area is 147 Å². The fourth-order valence-corrected chi connectivity index (χ4v) is 2.24. The molecule has 2 aromatic carbocycles. The van der Waals surface area contributed by atoms with Crippen molar-refractivity contribution in [3.8, 4) is 11.5 Å². The van der Waals surface area contributed by atoms with Crippen LogP contribution in [0.25, 0.3) is 0 Å². The molecule has 0 aromatic heterocycles. The molecule has 0 aliphatic rings. The summed E-state index contributed by atoms with van der Waals surface area (Å²) in [5.74, 6) is 0.673. The zero-order chi connectivity index (χ0) is 18.4. The van der Waals surface area contributed by atoms with Gasteiger partial charge in [-0.05, 0) is 50.2 Å². The third-order valence-corrected chi connectivity index (χ3v) is 3.47. The number of methoxy groups -OCH3 is 2. The van der Waals surface area contributed by atoms with Crippen LogP contribution >= 0.6 is 0 Å². The Hall–Kier alpha value is -3.02. The van der Waals surface area contributed by atoms with Gasteiger partial charge in [-0.25, -0.2) is 0 Å². The van der Waals surface area contributed by atoms with Crippen molar-refractivity contribution in [2.24, 2.45) is 0 Å². The molecule has 0 atom stereocenters. The van der Waals surface area contributed by atoms with Gasteiger partial charge in [0.05, 0.1) is 14.2 Å². The molecule has 0 radical (unpaired) electrons. The molecule has 6 nitrogen and oxygen atoms in total. The number of anilines is 1. The average molecular weight is 342 g/mol. The highest BCUT2D eigenvalue weighted by Gasteiger charge is 2.11. The van der Waals surface area contributed by atoms with Crippen LogP contribution in [0.5, 0.6) is 11.5 Å². The molecule has 0 saturated heterocycles. The van der Waals surface area contributed by atoms with E-state index in [0.717, 1.165) is 0 Å². The van der Waals surface area contributed by atoms with E-state index in [-0.39, 0.29) is 17.9 Å². The van der Waals surface area contributed by atoms with Crippen molar-refractivity contribution in [2.45, 2.75) is 19.9 Å². The topological polar surface area (TPSA) is 76.7 Å². The van der Waals surface area contributed by atoms with E-state index in [0.29, 0.717) is 28.3 Å². The maximum absolute atomic E-state index is 12.3. The van der Waals surface area contributed by atoms with E-state index in [1.54, 1.807) is 49.6 Å². The average Bonchev–Trinajstić information content (AvgIpc) is 2.61. The van der Waals surface area contributed by atoms with Gasteiger partial charge in [0, 0.05) is 28.9 Å². The molecule has 0 spiro atoms. The molecule has 132 valence electrons. The maximum Gasteiger partial charge on any atom is 0.255 e. The van der Waals surface area contributed by atoms with E-state index in [2.05, 4.69) is 10.6 Å². The number of rotatable bonds is 6. The van der Waals surface area contributed by atoms with Crippen LogP contribution in [0, 0.1) is 0 Å². The van der Waals surface area contributed by atoms with Gasteiger partial charge in [0.25, 0.3) is 11.8 Å². The summed E-state index contributed by atoms with van der Waals surface area (Å²) in [6, 6.07) is 11.7. The Morgan fingerprint density at radius 2 is 1.40 bits per heavy atom. The molecule has 2 rings (SSSR count). The number of ether oxygens (including phenoxy) is 2. The normalized spacial score (nSPS) is 10.3. The number of hydrogen-bond acceptors (Lipinski definition) is 4. The third kappa shape index (κ3) is 4.73. The first-order chi connectivity index (χ1) is 11.9. The van der Waals surface area contributed by atoms with Crippen molar-refractivity contribution in [1.82, 2.24) is 5.32 Å². The minimum absolute atomic E-state index is 0.0560. The molecule has 0 heterocycles. The molecular weight excluding hydrogens is 320 g/mol.